The van der Waals surface area contributed by atoms with Crippen LogP contribution in [-0.4, -0.2) is 33.2 Å². The van der Waals surface area contributed by atoms with Gasteiger partial charge < -0.3 is 20.6 Å². The highest BCUT2D eigenvalue weighted by molar-refractivity contribution is 5.94. The molecule has 5 aromatic rings. The summed E-state index contributed by atoms with van der Waals surface area (Å²) in [5.74, 6) is 0.766. The number of H-pyrrole nitrogens is 2. The smallest absolute Gasteiger partial charge is 0.229 e. The molecule has 0 bridgehead atoms. The molecule has 210 valence electrons. The van der Waals surface area contributed by atoms with Gasteiger partial charge in [0.1, 0.15) is 11.6 Å². The van der Waals surface area contributed by atoms with Crippen molar-refractivity contribution in [3.8, 4) is 11.3 Å². The van der Waals surface area contributed by atoms with Gasteiger partial charge in [-0.05, 0) is 41.3 Å². The van der Waals surface area contributed by atoms with Gasteiger partial charge in [-0.1, -0.05) is 74.4 Å². The van der Waals surface area contributed by atoms with Crippen LogP contribution in [-0.2, 0) is 16.1 Å². The lowest BCUT2D eigenvalue weighted by molar-refractivity contribution is -0.123. The van der Waals surface area contributed by atoms with Gasteiger partial charge in [0, 0.05) is 48.1 Å². The third-order valence-corrected chi connectivity index (χ3v) is 8.29. The Bertz CT molecular complexity index is 1680. The van der Waals surface area contributed by atoms with E-state index in [1.54, 1.807) is 0 Å². The molecule has 1 aliphatic rings. The number of aromatic nitrogens is 3. The summed E-state index contributed by atoms with van der Waals surface area (Å²) in [4.78, 5) is 37.4. The number of rotatable bonds is 11. The number of carbonyl (C=O) groups excluding carboxylic acids is 2. The summed E-state index contributed by atoms with van der Waals surface area (Å²) in [6.07, 6.45) is 6.53. The standard InChI is InChI=1S/C34H37N5O2/c1-2-25(40)12-4-3-5-15-29(33-36-21-30(38-33)24-17-16-22-10-6-7-11-23(22)18-24)39-34(41)27-19-35-20-31-32(27)26-13-8-9-14-28(26)37-31/h6-11,13-14,16-18,21,27,29,35,37H,2-5,12,15,19-20H2,1H3,(H,36,38)(H,39,41)/t27-,29-/m0/s1. The molecule has 41 heavy (non-hydrogen) atoms. The molecule has 7 nitrogen and oxygen atoms in total. The van der Waals surface area contributed by atoms with Crippen LogP contribution in [0.2, 0.25) is 0 Å². The van der Waals surface area contributed by atoms with Crippen molar-refractivity contribution in [1.82, 2.24) is 25.6 Å². The number of unbranched alkanes of at least 4 members (excludes halogenated alkanes) is 2. The Balaban J connectivity index is 1.23. The van der Waals surface area contributed by atoms with Crippen LogP contribution in [0.3, 0.4) is 0 Å². The van der Waals surface area contributed by atoms with E-state index >= 15 is 0 Å². The molecule has 0 saturated carbocycles. The maximum absolute atomic E-state index is 13.9. The number of para-hydroxylation sites is 1. The van der Waals surface area contributed by atoms with Gasteiger partial charge >= 0.3 is 0 Å². The normalized spacial score (nSPS) is 15.6. The topological polar surface area (TPSA) is 103 Å². The van der Waals surface area contributed by atoms with Crippen LogP contribution in [0.5, 0.6) is 0 Å². The van der Waals surface area contributed by atoms with Crippen molar-refractivity contribution < 1.29 is 9.59 Å². The van der Waals surface area contributed by atoms with Crippen LogP contribution in [0.1, 0.15) is 74.5 Å². The first kappa shape index (κ1) is 27.0. The van der Waals surface area contributed by atoms with E-state index in [9.17, 15) is 9.59 Å². The number of hydrogen-bond donors (Lipinski definition) is 4. The molecule has 0 unspecified atom stereocenters. The minimum atomic E-state index is -0.297. The minimum absolute atomic E-state index is 0.00183. The average molecular weight is 548 g/mol. The molecule has 4 N–H and O–H groups in total. The van der Waals surface area contributed by atoms with Gasteiger partial charge in [-0.2, -0.15) is 0 Å². The first-order valence-electron chi connectivity index (χ1n) is 14.8. The molecule has 1 aliphatic heterocycles. The second kappa shape index (κ2) is 12.1. The third-order valence-electron chi connectivity index (χ3n) is 8.29. The largest absolute Gasteiger partial charge is 0.357 e. The van der Waals surface area contributed by atoms with E-state index < -0.39 is 0 Å². The summed E-state index contributed by atoms with van der Waals surface area (Å²) < 4.78 is 0. The molecule has 3 heterocycles. The van der Waals surface area contributed by atoms with Gasteiger partial charge in [0.2, 0.25) is 5.91 Å². The molecule has 0 saturated heterocycles. The second-order valence-corrected chi connectivity index (χ2v) is 11.0. The summed E-state index contributed by atoms with van der Waals surface area (Å²) in [7, 11) is 0. The molecule has 0 radical (unpaired) electrons. The van der Waals surface area contributed by atoms with Crippen LogP contribution in [0, 0.1) is 0 Å². The van der Waals surface area contributed by atoms with E-state index in [1.165, 1.54) is 10.8 Å². The maximum Gasteiger partial charge on any atom is 0.229 e. The molecule has 3 aromatic carbocycles. The summed E-state index contributed by atoms with van der Waals surface area (Å²) in [5.41, 5.74) is 5.21. The van der Waals surface area contributed by atoms with Gasteiger partial charge in [0.25, 0.3) is 0 Å². The third kappa shape index (κ3) is 5.81. The summed E-state index contributed by atoms with van der Waals surface area (Å²) in [5, 5.41) is 10.2. The fraction of sp³-hybridized carbons (Fsp3) is 0.324. The van der Waals surface area contributed by atoms with E-state index in [4.69, 9.17) is 4.98 Å². The van der Waals surface area contributed by atoms with E-state index in [1.807, 2.05) is 37.4 Å². The Morgan fingerprint density at radius 3 is 2.68 bits per heavy atom. The van der Waals surface area contributed by atoms with Crippen molar-refractivity contribution in [3.05, 3.63) is 90.0 Å². The van der Waals surface area contributed by atoms with Crippen molar-refractivity contribution in [2.45, 2.75) is 64.0 Å². The first-order chi connectivity index (χ1) is 20.1. The number of imidazole rings is 1. The van der Waals surface area contributed by atoms with E-state index in [2.05, 4.69) is 63.1 Å². The molecular weight excluding hydrogens is 510 g/mol. The van der Waals surface area contributed by atoms with Crippen LogP contribution in [0.4, 0.5) is 0 Å². The monoisotopic (exact) mass is 547 g/mol. The van der Waals surface area contributed by atoms with Crippen LogP contribution in [0.15, 0.2) is 72.9 Å². The Labute approximate surface area is 240 Å². The number of nitrogens with one attached hydrogen (secondary N) is 4. The van der Waals surface area contributed by atoms with E-state index in [0.29, 0.717) is 25.2 Å². The van der Waals surface area contributed by atoms with Crippen molar-refractivity contribution in [3.63, 3.8) is 0 Å². The number of nitrogens with zero attached hydrogens (tertiary/aromatic N) is 1. The fourth-order valence-corrected chi connectivity index (χ4v) is 6.02. The zero-order valence-electron chi connectivity index (χ0n) is 23.5. The number of fused-ring (bicyclic) bond motifs is 4. The highest BCUT2D eigenvalue weighted by Gasteiger charge is 2.31. The van der Waals surface area contributed by atoms with Gasteiger partial charge in [0.05, 0.1) is 23.9 Å². The number of aromatic amines is 2. The summed E-state index contributed by atoms with van der Waals surface area (Å²) in [6, 6.07) is 22.6. The molecule has 0 spiro atoms. The quantitative estimate of drug-likeness (QED) is 0.138. The highest BCUT2D eigenvalue weighted by Crippen LogP contribution is 2.33. The lowest BCUT2D eigenvalue weighted by Gasteiger charge is -2.26. The summed E-state index contributed by atoms with van der Waals surface area (Å²) in [6.45, 7) is 3.23. The average Bonchev–Trinajstić information content (AvgIpc) is 3.65. The molecule has 1 amide bonds. The predicted molar refractivity (Wildman–Crippen MR) is 164 cm³/mol. The number of benzene rings is 3. The SMILES string of the molecule is CCC(=O)CCCCC[C@H](NC(=O)[C@H]1CNCc2[nH]c3ccccc3c21)c1ncc(-c2ccc3ccccc3c2)[nH]1. The van der Waals surface area contributed by atoms with Crippen LogP contribution >= 0.6 is 0 Å². The number of Topliss-reactive ketones (excluding diaryl/α,β-unsaturated/α-hetero) is 1. The zero-order valence-corrected chi connectivity index (χ0v) is 23.5. The van der Waals surface area contributed by atoms with Crippen LogP contribution in [0.25, 0.3) is 32.9 Å². The predicted octanol–water partition coefficient (Wildman–Crippen LogP) is 6.69. The van der Waals surface area contributed by atoms with Gasteiger partial charge in [-0.3, -0.25) is 9.59 Å². The first-order valence-corrected chi connectivity index (χ1v) is 14.8. The number of carbonyl (C=O) groups is 2. The van der Waals surface area contributed by atoms with E-state index in [-0.39, 0.29) is 17.9 Å². The molecular formula is C34H37N5O2. The van der Waals surface area contributed by atoms with Gasteiger partial charge in [-0.15, -0.1) is 0 Å². The van der Waals surface area contributed by atoms with Gasteiger partial charge in [-0.25, -0.2) is 4.98 Å². The van der Waals surface area contributed by atoms with Crippen molar-refractivity contribution in [1.29, 1.82) is 0 Å². The molecule has 6 rings (SSSR count). The lowest BCUT2D eigenvalue weighted by Crippen LogP contribution is -2.40. The fourth-order valence-electron chi connectivity index (χ4n) is 6.02. The Morgan fingerprint density at radius 2 is 1.80 bits per heavy atom. The van der Waals surface area contributed by atoms with Crippen molar-refractivity contribution in [2.75, 3.05) is 6.54 Å². The van der Waals surface area contributed by atoms with E-state index in [0.717, 1.165) is 71.5 Å². The highest BCUT2D eigenvalue weighted by atomic mass is 16.2. The molecule has 7 heteroatoms. The molecule has 2 aromatic heterocycles. The Morgan fingerprint density at radius 1 is 0.976 bits per heavy atom. The zero-order chi connectivity index (χ0) is 28.2. The van der Waals surface area contributed by atoms with Crippen molar-refractivity contribution >= 4 is 33.4 Å². The number of ketones is 1. The van der Waals surface area contributed by atoms with Crippen molar-refractivity contribution in [2.24, 2.45) is 0 Å². The molecule has 2 atom stereocenters. The summed E-state index contributed by atoms with van der Waals surface area (Å²) >= 11 is 0. The maximum atomic E-state index is 13.9. The Kier molecular flexibility index (Phi) is 7.96. The minimum Gasteiger partial charge on any atom is -0.357 e. The number of hydrogen-bond acceptors (Lipinski definition) is 4. The second-order valence-electron chi connectivity index (χ2n) is 11.0. The number of amides is 1. The van der Waals surface area contributed by atoms with Crippen LogP contribution < -0.4 is 10.6 Å². The molecule has 0 aliphatic carbocycles. The van der Waals surface area contributed by atoms with Gasteiger partial charge in [0.15, 0.2) is 0 Å². The molecule has 0 fully saturated rings. The lowest BCUT2D eigenvalue weighted by atomic mass is 9.91. The Hall–Kier alpha value is -4.23.